The molecule has 6 aromatic carbocycles. The Morgan fingerprint density at radius 2 is 0.625 bits per heavy atom. The molecule has 6 aromatic rings. The summed E-state index contributed by atoms with van der Waals surface area (Å²) in [5.41, 5.74) is 11.2. The molecule has 7 rings (SSSR count). The molecule has 0 aromatic heterocycles. The van der Waals surface area contributed by atoms with E-state index < -0.39 is 11.8 Å². The van der Waals surface area contributed by atoms with E-state index in [-0.39, 0.29) is 23.0 Å². The van der Waals surface area contributed by atoms with Crippen LogP contribution >= 0.6 is 0 Å². The molecule has 0 saturated heterocycles. The Morgan fingerprint density at radius 3 is 0.875 bits per heavy atom. The number of fused-ring (bicyclic) bond motifs is 8. The molecule has 0 heterocycles. The Hall–Kier alpha value is -5.48. The molecule has 4 nitrogen and oxygen atoms in total. The number of phenols is 4. The Morgan fingerprint density at radius 1 is 0.375 bits per heavy atom. The van der Waals surface area contributed by atoms with Crippen molar-refractivity contribution in [2.45, 2.75) is 52.4 Å². The molecule has 4 N–H and O–H groups in total. The van der Waals surface area contributed by atoms with Gasteiger partial charge in [-0.05, 0) is 61.1 Å². The van der Waals surface area contributed by atoms with E-state index in [1.807, 2.05) is 137 Å². The SMILES string of the molecule is Cc1cc2c(O)c(c1)C(c1ccccc1)c1cc(C)cc(c1O)Cc1cc(C)cc(c1O)C(c1ccccc1)c1cc(C)cc(c1O)C2. The van der Waals surface area contributed by atoms with Gasteiger partial charge in [-0.25, -0.2) is 0 Å². The van der Waals surface area contributed by atoms with E-state index in [1.54, 1.807) is 0 Å². The van der Waals surface area contributed by atoms with Gasteiger partial charge in [0.15, 0.2) is 0 Å². The highest BCUT2D eigenvalue weighted by Gasteiger charge is 2.30. The molecule has 0 spiro atoms. The van der Waals surface area contributed by atoms with Gasteiger partial charge in [-0.1, -0.05) is 131 Å². The van der Waals surface area contributed by atoms with E-state index in [2.05, 4.69) is 0 Å². The summed E-state index contributed by atoms with van der Waals surface area (Å²) in [6.45, 7) is 8.05. The number of hydrogen-bond donors (Lipinski definition) is 4. The van der Waals surface area contributed by atoms with Gasteiger partial charge in [-0.3, -0.25) is 0 Å². The van der Waals surface area contributed by atoms with Crippen LogP contribution in [0.4, 0.5) is 0 Å². The Labute approximate surface area is 282 Å². The molecule has 0 fully saturated rings. The van der Waals surface area contributed by atoms with Gasteiger partial charge in [-0.2, -0.15) is 0 Å². The van der Waals surface area contributed by atoms with Gasteiger partial charge in [-0.15, -0.1) is 0 Å². The Bertz CT molecular complexity index is 1890. The second-order valence-corrected chi connectivity index (χ2v) is 13.5. The number of benzene rings is 6. The number of hydrogen-bond acceptors (Lipinski definition) is 4. The highest BCUT2D eigenvalue weighted by atomic mass is 16.3. The van der Waals surface area contributed by atoms with E-state index in [9.17, 15) is 20.4 Å². The van der Waals surface area contributed by atoms with Crippen LogP contribution in [0.25, 0.3) is 0 Å². The first kappa shape index (κ1) is 31.1. The summed E-state index contributed by atoms with van der Waals surface area (Å²) in [4.78, 5) is 0. The van der Waals surface area contributed by atoms with Gasteiger partial charge < -0.3 is 20.4 Å². The minimum absolute atomic E-state index is 0.143. The Kier molecular flexibility index (Phi) is 7.96. The van der Waals surface area contributed by atoms with E-state index in [1.165, 1.54) is 0 Å². The van der Waals surface area contributed by atoms with E-state index >= 15 is 0 Å². The fourth-order valence-corrected chi connectivity index (χ4v) is 7.71. The lowest BCUT2D eigenvalue weighted by Crippen LogP contribution is -2.10. The quantitative estimate of drug-likeness (QED) is 0.153. The molecule has 1 aliphatic carbocycles. The van der Waals surface area contributed by atoms with Gasteiger partial charge in [0.1, 0.15) is 23.0 Å². The van der Waals surface area contributed by atoms with Crippen molar-refractivity contribution in [1.29, 1.82) is 0 Å². The zero-order valence-corrected chi connectivity index (χ0v) is 27.8. The molecule has 48 heavy (non-hydrogen) atoms. The first-order valence-corrected chi connectivity index (χ1v) is 16.5. The second kappa shape index (κ2) is 12.3. The third-order valence-electron chi connectivity index (χ3n) is 9.72. The van der Waals surface area contributed by atoms with E-state index in [4.69, 9.17) is 0 Å². The van der Waals surface area contributed by atoms with Crippen LogP contribution < -0.4 is 0 Å². The van der Waals surface area contributed by atoms with Crippen LogP contribution in [-0.2, 0) is 12.8 Å². The largest absolute Gasteiger partial charge is 0.507 e. The van der Waals surface area contributed by atoms with Gasteiger partial charge >= 0.3 is 0 Å². The summed E-state index contributed by atoms with van der Waals surface area (Å²) < 4.78 is 0. The molecule has 8 bridgehead atoms. The predicted octanol–water partition coefficient (Wildman–Crippen LogP) is 9.60. The number of aryl methyl sites for hydroxylation is 4. The molecule has 0 radical (unpaired) electrons. The monoisotopic (exact) mass is 632 g/mol. The summed E-state index contributed by atoms with van der Waals surface area (Å²) in [6, 6.07) is 35.7. The maximum absolute atomic E-state index is 12.1. The fraction of sp³-hybridized carbons (Fsp3) is 0.182. The minimum atomic E-state index is -0.470. The normalized spacial score (nSPS) is 15.7. The number of aromatic hydroxyl groups is 4. The molecule has 240 valence electrons. The van der Waals surface area contributed by atoms with Crippen molar-refractivity contribution in [1.82, 2.24) is 0 Å². The molecule has 0 aliphatic heterocycles. The van der Waals surface area contributed by atoms with Crippen LogP contribution in [0.2, 0.25) is 0 Å². The lowest BCUT2D eigenvalue weighted by molar-refractivity contribution is 0.446. The highest BCUT2D eigenvalue weighted by Crippen LogP contribution is 2.48. The predicted molar refractivity (Wildman–Crippen MR) is 192 cm³/mol. The van der Waals surface area contributed by atoms with Crippen molar-refractivity contribution in [3.8, 4) is 23.0 Å². The van der Waals surface area contributed by atoms with Crippen LogP contribution in [0.3, 0.4) is 0 Å². The maximum Gasteiger partial charge on any atom is 0.123 e. The fourth-order valence-electron chi connectivity index (χ4n) is 7.71. The smallest absolute Gasteiger partial charge is 0.123 e. The molecule has 0 unspecified atom stereocenters. The zero-order valence-electron chi connectivity index (χ0n) is 27.8. The molecule has 0 saturated carbocycles. The minimum Gasteiger partial charge on any atom is -0.507 e. The highest BCUT2D eigenvalue weighted by molar-refractivity contribution is 5.63. The summed E-state index contributed by atoms with van der Waals surface area (Å²) in [6.07, 6.45) is 0.584. The topological polar surface area (TPSA) is 80.9 Å². The van der Waals surface area contributed by atoms with E-state index in [0.29, 0.717) is 57.3 Å². The molecule has 4 heteroatoms. The molecular weight excluding hydrogens is 592 g/mol. The average molecular weight is 633 g/mol. The van der Waals surface area contributed by atoms with Gasteiger partial charge in [0, 0.05) is 46.9 Å². The molecule has 0 atom stereocenters. The lowest BCUT2D eigenvalue weighted by Gasteiger charge is -2.27. The average Bonchev–Trinajstić information content (AvgIpc) is 3.06. The standard InChI is InChI=1S/C44H40O4/c1-25-15-31-23-32-16-26(2)21-37(42(32)46)40(30-13-9-6-10-14-30)38-22-28(4)18-34(44(38)48)24-33-17-27(3)20-36(43(33)47)39(35(19-25)41(31)45)29-11-7-5-8-12-29/h5-22,39-40,45-48H,23-24H2,1-4H3. The summed E-state index contributed by atoms with van der Waals surface area (Å²) >= 11 is 0. The van der Waals surface area contributed by atoms with Crippen LogP contribution in [0.15, 0.2) is 109 Å². The van der Waals surface area contributed by atoms with Crippen molar-refractivity contribution < 1.29 is 20.4 Å². The van der Waals surface area contributed by atoms with Crippen molar-refractivity contribution in [3.05, 3.63) is 187 Å². The van der Waals surface area contributed by atoms with Gasteiger partial charge in [0.05, 0.1) is 0 Å². The summed E-state index contributed by atoms with van der Waals surface area (Å²) in [7, 11) is 0. The maximum atomic E-state index is 12.1. The summed E-state index contributed by atoms with van der Waals surface area (Å²) in [5, 5.41) is 48.4. The second-order valence-electron chi connectivity index (χ2n) is 13.5. The van der Waals surface area contributed by atoms with Crippen molar-refractivity contribution in [2.75, 3.05) is 0 Å². The number of rotatable bonds is 2. The van der Waals surface area contributed by atoms with Crippen molar-refractivity contribution >= 4 is 0 Å². The van der Waals surface area contributed by atoms with Crippen LogP contribution in [0.1, 0.15) is 89.7 Å². The number of phenolic OH excluding ortho intramolecular Hbond substituents is 4. The Balaban J connectivity index is 1.59. The first-order chi connectivity index (χ1) is 23.1. The van der Waals surface area contributed by atoms with Gasteiger partial charge in [0.2, 0.25) is 0 Å². The van der Waals surface area contributed by atoms with Crippen molar-refractivity contribution in [3.63, 3.8) is 0 Å². The van der Waals surface area contributed by atoms with E-state index in [0.717, 1.165) is 33.4 Å². The third-order valence-corrected chi connectivity index (χ3v) is 9.72. The summed E-state index contributed by atoms with van der Waals surface area (Å²) in [5.74, 6) is -0.368. The van der Waals surface area contributed by atoms with Crippen LogP contribution in [0.5, 0.6) is 23.0 Å². The molecule has 0 amide bonds. The third kappa shape index (κ3) is 5.58. The lowest BCUT2D eigenvalue weighted by atomic mass is 9.78. The van der Waals surface area contributed by atoms with Crippen molar-refractivity contribution in [2.24, 2.45) is 0 Å². The van der Waals surface area contributed by atoms with Crippen LogP contribution in [-0.4, -0.2) is 20.4 Å². The van der Waals surface area contributed by atoms with Gasteiger partial charge in [0.25, 0.3) is 0 Å². The molecular formula is C44H40O4. The molecule has 1 aliphatic rings. The van der Waals surface area contributed by atoms with Crippen LogP contribution in [0, 0.1) is 27.7 Å². The zero-order chi connectivity index (χ0) is 33.7. The first-order valence-electron chi connectivity index (χ1n) is 16.5.